The van der Waals surface area contributed by atoms with Gasteiger partial charge in [0.25, 0.3) is 0 Å². The number of phenolic OH excluding ortho intramolecular Hbond substituents is 1. The molecule has 1 N–H and O–H groups in total. The van der Waals surface area contributed by atoms with E-state index in [9.17, 15) is 9.50 Å². The molecule has 0 saturated heterocycles. The zero-order valence-electron chi connectivity index (χ0n) is 10.1. The Morgan fingerprint density at radius 2 is 1.89 bits per heavy atom. The second-order valence-electron chi connectivity index (χ2n) is 4.31. The van der Waals surface area contributed by atoms with Crippen LogP contribution in [0.5, 0.6) is 5.75 Å². The molecule has 0 fully saturated rings. The zero-order valence-corrected chi connectivity index (χ0v) is 10.1. The molecule has 0 bridgehead atoms. The van der Waals surface area contributed by atoms with Crippen LogP contribution < -0.4 is 0 Å². The van der Waals surface area contributed by atoms with Gasteiger partial charge in [0.15, 0.2) is 11.6 Å². The van der Waals surface area contributed by atoms with Crippen LogP contribution in [0.15, 0.2) is 53.5 Å². The van der Waals surface area contributed by atoms with E-state index in [-0.39, 0.29) is 17.5 Å². The van der Waals surface area contributed by atoms with Crippen LogP contribution in [0.2, 0.25) is 0 Å². The third-order valence-corrected chi connectivity index (χ3v) is 3.04. The van der Waals surface area contributed by atoms with E-state index in [0.717, 1.165) is 5.56 Å². The van der Waals surface area contributed by atoms with E-state index < -0.39 is 11.6 Å². The molecule has 0 unspecified atom stereocenters. The molecule has 1 atom stereocenters. The quantitative estimate of drug-likeness (QED) is 0.898. The first-order valence-corrected chi connectivity index (χ1v) is 5.99. The SMILES string of the molecule is Oc1cccc(C2=N[C@H](c3ccccc3)CO2)c1F. The van der Waals surface area contributed by atoms with E-state index in [1.807, 2.05) is 30.3 Å². The summed E-state index contributed by atoms with van der Waals surface area (Å²) >= 11 is 0. The van der Waals surface area contributed by atoms with Crippen molar-refractivity contribution in [3.63, 3.8) is 0 Å². The maximum Gasteiger partial charge on any atom is 0.220 e. The predicted octanol–water partition coefficient (Wildman–Crippen LogP) is 3.05. The van der Waals surface area contributed by atoms with Crippen molar-refractivity contribution in [3.05, 3.63) is 65.5 Å². The van der Waals surface area contributed by atoms with Gasteiger partial charge in [0.2, 0.25) is 5.90 Å². The number of rotatable bonds is 2. The first-order valence-electron chi connectivity index (χ1n) is 5.99. The lowest BCUT2D eigenvalue weighted by molar-refractivity contribution is 0.318. The highest BCUT2D eigenvalue weighted by molar-refractivity contribution is 5.95. The van der Waals surface area contributed by atoms with Gasteiger partial charge >= 0.3 is 0 Å². The Labute approximate surface area is 110 Å². The van der Waals surface area contributed by atoms with Crippen molar-refractivity contribution in [1.29, 1.82) is 0 Å². The molecule has 96 valence electrons. The standard InChI is InChI=1S/C15H12FNO2/c16-14-11(7-4-8-13(14)18)15-17-12(9-19-15)10-5-2-1-3-6-10/h1-8,12,18H,9H2/t12-/m0/s1. The second-order valence-corrected chi connectivity index (χ2v) is 4.31. The molecule has 19 heavy (non-hydrogen) atoms. The molecular formula is C15H12FNO2. The molecule has 3 rings (SSSR count). The van der Waals surface area contributed by atoms with E-state index in [4.69, 9.17) is 4.74 Å². The summed E-state index contributed by atoms with van der Waals surface area (Å²) in [5.74, 6) is -0.857. The Kier molecular flexibility index (Phi) is 2.91. The van der Waals surface area contributed by atoms with Gasteiger partial charge in [-0.05, 0) is 17.7 Å². The normalized spacial score (nSPS) is 17.9. The molecule has 1 heterocycles. The number of aliphatic imine (C=N–C) groups is 1. The minimum atomic E-state index is -0.699. The van der Waals surface area contributed by atoms with Crippen LogP contribution in [-0.4, -0.2) is 17.6 Å². The van der Waals surface area contributed by atoms with Crippen molar-refractivity contribution in [2.75, 3.05) is 6.61 Å². The van der Waals surface area contributed by atoms with Gasteiger partial charge < -0.3 is 9.84 Å². The molecule has 2 aromatic rings. The monoisotopic (exact) mass is 257 g/mol. The molecule has 0 aromatic heterocycles. The summed E-state index contributed by atoms with van der Waals surface area (Å²) in [5, 5.41) is 9.36. The summed E-state index contributed by atoms with van der Waals surface area (Å²) in [4.78, 5) is 4.37. The van der Waals surface area contributed by atoms with Crippen LogP contribution in [0.3, 0.4) is 0 Å². The zero-order chi connectivity index (χ0) is 13.2. The summed E-state index contributed by atoms with van der Waals surface area (Å²) in [6.45, 7) is 0.383. The highest BCUT2D eigenvalue weighted by Crippen LogP contribution is 2.27. The first-order chi connectivity index (χ1) is 9.25. The molecule has 1 aliphatic heterocycles. The topological polar surface area (TPSA) is 41.8 Å². The average Bonchev–Trinajstić information content (AvgIpc) is 2.92. The second kappa shape index (κ2) is 4.72. The largest absolute Gasteiger partial charge is 0.505 e. The summed E-state index contributed by atoms with van der Waals surface area (Å²) in [6, 6.07) is 14.0. The lowest BCUT2D eigenvalue weighted by Gasteiger charge is -2.04. The van der Waals surface area contributed by atoms with Gasteiger partial charge in [-0.15, -0.1) is 0 Å². The van der Waals surface area contributed by atoms with Gasteiger partial charge in [-0.1, -0.05) is 36.4 Å². The van der Waals surface area contributed by atoms with Gasteiger partial charge in [-0.25, -0.2) is 9.38 Å². The molecule has 0 spiro atoms. The third-order valence-electron chi connectivity index (χ3n) is 3.04. The number of hydrogen-bond donors (Lipinski definition) is 1. The van der Waals surface area contributed by atoms with E-state index in [0.29, 0.717) is 6.61 Å². The molecule has 0 radical (unpaired) electrons. The number of hydrogen-bond acceptors (Lipinski definition) is 3. The van der Waals surface area contributed by atoms with Crippen molar-refractivity contribution in [1.82, 2.24) is 0 Å². The Morgan fingerprint density at radius 1 is 1.11 bits per heavy atom. The molecule has 3 nitrogen and oxygen atoms in total. The number of halogens is 1. The smallest absolute Gasteiger partial charge is 0.220 e. The number of nitrogens with zero attached hydrogens (tertiary/aromatic N) is 1. The minimum Gasteiger partial charge on any atom is -0.505 e. The van der Waals surface area contributed by atoms with Crippen LogP contribution in [0, 0.1) is 5.82 Å². The number of benzene rings is 2. The van der Waals surface area contributed by atoms with E-state index in [1.54, 1.807) is 12.1 Å². The van der Waals surface area contributed by atoms with Crippen molar-refractivity contribution < 1.29 is 14.2 Å². The summed E-state index contributed by atoms with van der Waals surface area (Å²) in [6.07, 6.45) is 0. The highest BCUT2D eigenvalue weighted by atomic mass is 19.1. The Bertz CT molecular complexity index is 625. The van der Waals surface area contributed by atoms with Crippen molar-refractivity contribution in [2.24, 2.45) is 4.99 Å². The number of aromatic hydroxyl groups is 1. The molecule has 2 aromatic carbocycles. The molecule has 0 saturated carbocycles. The van der Waals surface area contributed by atoms with Crippen LogP contribution in [-0.2, 0) is 4.74 Å². The fourth-order valence-electron chi connectivity index (χ4n) is 2.05. The van der Waals surface area contributed by atoms with Crippen LogP contribution >= 0.6 is 0 Å². The van der Waals surface area contributed by atoms with E-state index in [1.165, 1.54) is 6.07 Å². The Hall–Kier alpha value is -2.36. The van der Waals surface area contributed by atoms with Gasteiger partial charge in [0.05, 0.1) is 5.56 Å². The summed E-state index contributed by atoms with van der Waals surface area (Å²) in [7, 11) is 0. The first kappa shape index (κ1) is 11.7. The summed E-state index contributed by atoms with van der Waals surface area (Å²) in [5.41, 5.74) is 1.22. The lowest BCUT2D eigenvalue weighted by atomic mass is 10.1. The fourth-order valence-corrected chi connectivity index (χ4v) is 2.05. The summed E-state index contributed by atoms with van der Waals surface area (Å²) < 4.78 is 19.2. The molecule has 0 amide bonds. The molecule has 1 aliphatic rings. The Balaban J connectivity index is 1.94. The van der Waals surface area contributed by atoms with E-state index >= 15 is 0 Å². The minimum absolute atomic E-state index is 0.127. The molecule has 4 heteroatoms. The van der Waals surface area contributed by atoms with Crippen molar-refractivity contribution in [3.8, 4) is 5.75 Å². The Morgan fingerprint density at radius 3 is 2.68 bits per heavy atom. The maximum absolute atomic E-state index is 13.8. The maximum atomic E-state index is 13.8. The molecule has 0 aliphatic carbocycles. The lowest BCUT2D eigenvalue weighted by Crippen LogP contribution is -2.04. The fraction of sp³-hybridized carbons (Fsp3) is 0.133. The van der Waals surface area contributed by atoms with Gasteiger partial charge in [0, 0.05) is 0 Å². The van der Waals surface area contributed by atoms with Gasteiger partial charge in [-0.3, -0.25) is 0 Å². The average molecular weight is 257 g/mol. The van der Waals surface area contributed by atoms with Gasteiger partial charge in [-0.2, -0.15) is 0 Å². The highest BCUT2D eigenvalue weighted by Gasteiger charge is 2.24. The van der Waals surface area contributed by atoms with Crippen molar-refractivity contribution >= 4 is 5.90 Å². The van der Waals surface area contributed by atoms with Crippen LogP contribution in [0.1, 0.15) is 17.2 Å². The third kappa shape index (κ3) is 2.17. The number of phenols is 1. The van der Waals surface area contributed by atoms with E-state index in [2.05, 4.69) is 4.99 Å². The molecular weight excluding hydrogens is 245 g/mol. The van der Waals surface area contributed by atoms with Crippen LogP contribution in [0.4, 0.5) is 4.39 Å². The predicted molar refractivity (Wildman–Crippen MR) is 69.7 cm³/mol. The van der Waals surface area contributed by atoms with Crippen molar-refractivity contribution in [2.45, 2.75) is 6.04 Å². The van der Waals surface area contributed by atoms with Crippen LogP contribution in [0.25, 0.3) is 0 Å². The number of ether oxygens (including phenoxy) is 1. The van der Waals surface area contributed by atoms with Gasteiger partial charge in [0.1, 0.15) is 12.6 Å².